The molecule has 0 spiro atoms. The maximum absolute atomic E-state index is 12.5. The minimum absolute atomic E-state index is 0. The van der Waals surface area contributed by atoms with E-state index in [1.54, 1.807) is 0 Å². The minimum atomic E-state index is 0. The lowest BCUT2D eigenvalue weighted by molar-refractivity contribution is -0.131. The van der Waals surface area contributed by atoms with Crippen LogP contribution in [0.3, 0.4) is 0 Å². The number of hydrogen-bond donors (Lipinski definition) is 2. The Bertz CT molecular complexity index is 834. The fourth-order valence-corrected chi connectivity index (χ4v) is 3.66. The predicted molar refractivity (Wildman–Crippen MR) is 134 cm³/mol. The molecule has 0 fully saturated rings. The van der Waals surface area contributed by atoms with Gasteiger partial charge in [0.05, 0.1) is 0 Å². The number of fused-ring (bicyclic) bond motifs is 1. The van der Waals surface area contributed by atoms with Crippen molar-refractivity contribution >= 4 is 47.4 Å². The van der Waals surface area contributed by atoms with E-state index in [0.29, 0.717) is 13.0 Å². The van der Waals surface area contributed by atoms with Gasteiger partial charge in [0.15, 0.2) is 5.96 Å². The fraction of sp³-hybridized carbons (Fsp3) is 0.391. The lowest BCUT2D eigenvalue weighted by Gasteiger charge is -2.15. The normalized spacial score (nSPS) is 12.9. The highest BCUT2D eigenvalue weighted by molar-refractivity contribution is 14.0. The number of guanidine groups is 1. The number of hydrogen-bond acceptors (Lipinski definition) is 2. The molecule has 30 heavy (non-hydrogen) atoms. The van der Waals surface area contributed by atoms with Crippen LogP contribution in [0.25, 0.3) is 0 Å². The number of carbonyl (C=O) groups excluding carboxylic acids is 1. The van der Waals surface area contributed by atoms with Gasteiger partial charge in [-0.3, -0.25) is 9.79 Å². The molecule has 1 heterocycles. The molecule has 2 aromatic rings. The van der Waals surface area contributed by atoms with Crippen LogP contribution in [-0.4, -0.2) is 36.4 Å². The molecule has 162 valence electrons. The molecule has 2 N–H and O–H groups in total. The second-order valence-corrected chi connectivity index (χ2v) is 7.63. The molecule has 0 bridgehead atoms. The predicted octanol–water partition coefficient (Wildman–Crippen LogP) is 4.38. The second-order valence-electron chi connectivity index (χ2n) is 7.19. The Balaban J connectivity index is 0.00000320. The average Bonchev–Trinajstić information content (AvgIpc) is 3.15. The van der Waals surface area contributed by atoms with Crippen LogP contribution < -0.4 is 10.6 Å². The minimum Gasteiger partial charge on any atom is -0.357 e. The monoisotopic (exact) mass is 540 g/mol. The van der Waals surface area contributed by atoms with E-state index in [0.717, 1.165) is 50.0 Å². The van der Waals surface area contributed by atoms with Gasteiger partial charge in [0.25, 0.3) is 0 Å². The quantitative estimate of drug-likeness (QED) is 0.226. The third-order valence-electron chi connectivity index (χ3n) is 4.95. The van der Waals surface area contributed by atoms with E-state index in [1.165, 1.54) is 16.7 Å². The highest BCUT2D eigenvalue weighted by atomic mass is 127. The summed E-state index contributed by atoms with van der Waals surface area (Å²) in [6, 6.07) is 16.2. The Morgan fingerprint density at radius 3 is 2.50 bits per heavy atom. The molecular formula is C23H30ClIN4O. The van der Waals surface area contributed by atoms with Crippen molar-refractivity contribution in [1.29, 1.82) is 0 Å². The number of aliphatic imine (C=N–C) groups is 1. The van der Waals surface area contributed by atoms with Gasteiger partial charge in [-0.2, -0.15) is 0 Å². The van der Waals surface area contributed by atoms with Crippen molar-refractivity contribution in [2.75, 3.05) is 19.6 Å². The first-order valence-electron chi connectivity index (χ1n) is 10.3. The zero-order valence-corrected chi connectivity index (χ0v) is 20.5. The maximum Gasteiger partial charge on any atom is 0.223 e. The molecule has 1 amide bonds. The molecule has 7 heteroatoms. The highest BCUT2D eigenvalue weighted by Crippen LogP contribution is 2.22. The second kappa shape index (κ2) is 12.8. The lowest BCUT2D eigenvalue weighted by Crippen LogP contribution is -2.38. The van der Waals surface area contributed by atoms with Crippen LogP contribution in [0.1, 0.15) is 36.5 Å². The average molecular weight is 541 g/mol. The number of nitrogens with zero attached hydrogens (tertiary/aromatic N) is 2. The molecule has 0 saturated carbocycles. The van der Waals surface area contributed by atoms with E-state index < -0.39 is 0 Å². The summed E-state index contributed by atoms with van der Waals surface area (Å²) < 4.78 is 0. The van der Waals surface area contributed by atoms with Gasteiger partial charge in [-0.25, -0.2) is 0 Å². The van der Waals surface area contributed by atoms with Crippen LogP contribution in [0.4, 0.5) is 0 Å². The van der Waals surface area contributed by atoms with Crippen molar-refractivity contribution in [3.05, 3.63) is 70.2 Å². The van der Waals surface area contributed by atoms with E-state index >= 15 is 0 Å². The van der Waals surface area contributed by atoms with E-state index in [9.17, 15) is 4.79 Å². The van der Waals surface area contributed by atoms with Gasteiger partial charge in [0.2, 0.25) is 5.91 Å². The highest BCUT2D eigenvalue weighted by Gasteiger charge is 2.22. The molecule has 5 nitrogen and oxygen atoms in total. The Kier molecular flexibility index (Phi) is 10.4. The molecule has 0 atom stereocenters. The summed E-state index contributed by atoms with van der Waals surface area (Å²) in [6.07, 6.45) is 2.15. The molecule has 0 aliphatic carbocycles. The third-order valence-corrected chi connectivity index (χ3v) is 5.19. The van der Waals surface area contributed by atoms with Gasteiger partial charge in [0.1, 0.15) is 0 Å². The summed E-state index contributed by atoms with van der Waals surface area (Å²) in [4.78, 5) is 19.0. The molecule has 0 radical (unpaired) electrons. The Morgan fingerprint density at radius 2 is 1.83 bits per heavy atom. The third kappa shape index (κ3) is 7.47. The van der Waals surface area contributed by atoms with Crippen molar-refractivity contribution < 1.29 is 4.79 Å². The first-order chi connectivity index (χ1) is 14.2. The molecule has 3 rings (SSSR count). The summed E-state index contributed by atoms with van der Waals surface area (Å²) in [5.41, 5.74) is 3.72. The van der Waals surface area contributed by atoms with Crippen LogP contribution in [0.2, 0.25) is 5.02 Å². The zero-order chi connectivity index (χ0) is 20.5. The molecule has 0 aromatic heterocycles. The van der Waals surface area contributed by atoms with Crippen molar-refractivity contribution in [2.24, 2.45) is 4.99 Å². The van der Waals surface area contributed by atoms with Gasteiger partial charge >= 0.3 is 0 Å². The van der Waals surface area contributed by atoms with Crippen LogP contribution in [0.15, 0.2) is 53.5 Å². The zero-order valence-electron chi connectivity index (χ0n) is 17.4. The van der Waals surface area contributed by atoms with Gasteiger partial charge in [-0.1, -0.05) is 48.0 Å². The topological polar surface area (TPSA) is 56.7 Å². The molecule has 0 unspecified atom stereocenters. The summed E-state index contributed by atoms with van der Waals surface area (Å²) in [6.45, 7) is 5.70. The standard InChI is InChI=1S/C23H29ClN4O.HI/c1-2-25-23(27-14-12-18-7-5-10-21(24)15-18)26-13-6-11-22(29)28-16-19-8-3-4-9-20(19)17-28;/h3-5,7-10,15H,2,6,11-14,16-17H2,1H3,(H2,25,26,27);1H. The van der Waals surface area contributed by atoms with E-state index in [1.807, 2.05) is 42.2 Å². The fourth-order valence-electron chi connectivity index (χ4n) is 3.45. The SMILES string of the molecule is CCNC(=NCCCC(=O)N1Cc2ccccc2C1)NCCc1cccc(Cl)c1.I. The largest absolute Gasteiger partial charge is 0.357 e. The Labute approximate surface area is 201 Å². The van der Waals surface area contributed by atoms with Crippen LogP contribution in [0.5, 0.6) is 0 Å². The van der Waals surface area contributed by atoms with Crippen molar-refractivity contribution in [2.45, 2.75) is 39.3 Å². The summed E-state index contributed by atoms with van der Waals surface area (Å²) in [5.74, 6) is 0.992. The molecule has 2 aromatic carbocycles. The first-order valence-corrected chi connectivity index (χ1v) is 10.6. The van der Waals surface area contributed by atoms with E-state index in [4.69, 9.17) is 11.6 Å². The van der Waals surface area contributed by atoms with E-state index in [-0.39, 0.29) is 29.9 Å². The molecule has 1 aliphatic rings. The smallest absolute Gasteiger partial charge is 0.223 e. The van der Waals surface area contributed by atoms with Crippen molar-refractivity contribution in [3.8, 4) is 0 Å². The van der Waals surface area contributed by atoms with E-state index in [2.05, 4.69) is 33.8 Å². The van der Waals surface area contributed by atoms with Crippen LogP contribution >= 0.6 is 35.6 Å². The number of benzene rings is 2. The van der Waals surface area contributed by atoms with Crippen molar-refractivity contribution in [1.82, 2.24) is 15.5 Å². The van der Waals surface area contributed by atoms with Gasteiger partial charge in [-0.15, -0.1) is 24.0 Å². The number of amides is 1. The molecule has 0 saturated heterocycles. The number of rotatable bonds is 8. The first kappa shape index (κ1) is 24.5. The number of halogens is 2. The van der Waals surface area contributed by atoms with Gasteiger partial charge in [-0.05, 0) is 48.6 Å². The Morgan fingerprint density at radius 1 is 1.10 bits per heavy atom. The maximum atomic E-state index is 12.5. The van der Waals surface area contributed by atoms with Gasteiger partial charge in [0, 0.05) is 44.2 Å². The van der Waals surface area contributed by atoms with Crippen molar-refractivity contribution in [3.63, 3.8) is 0 Å². The van der Waals surface area contributed by atoms with Crippen LogP contribution in [-0.2, 0) is 24.3 Å². The van der Waals surface area contributed by atoms with Gasteiger partial charge < -0.3 is 15.5 Å². The summed E-state index contributed by atoms with van der Waals surface area (Å²) in [5, 5.41) is 7.36. The lowest BCUT2D eigenvalue weighted by atomic mass is 10.1. The summed E-state index contributed by atoms with van der Waals surface area (Å²) >= 11 is 6.03. The van der Waals surface area contributed by atoms with Crippen LogP contribution in [0, 0.1) is 0 Å². The number of nitrogens with one attached hydrogen (secondary N) is 2. The summed E-state index contributed by atoms with van der Waals surface area (Å²) in [7, 11) is 0. The Hall–Kier alpha value is -1.80. The number of carbonyl (C=O) groups is 1. The molecular weight excluding hydrogens is 511 g/mol. The molecule has 1 aliphatic heterocycles.